The summed E-state index contributed by atoms with van der Waals surface area (Å²) < 4.78 is 5.74. The average molecular weight is 593 g/mol. The average Bonchev–Trinajstić information content (AvgIpc) is 3.10. The maximum absolute atomic E-state index is 14.3. The van der Waals surface area contributed by atoms with E-state index in [0.717, 1.165) is 16.3 Å². The molecule has 3 heterocycles. The van der Waals surface area contributed by atoms with Crippen molar-refractivity contribution in [2.24, 2.45) is 5.92 Å². The molecule has 1 N–H and O–H groups in total. The van der Waals surface area contributed by atoms with Gasteiger partial charge in [0.05, 0.1) is 31.6 Å². The minimum absolute atomic E-state index is 0. The number of para-hydroxylation sites is 2. The Morgan fingerprint density at radius 1 is 1.05 bits per heavy atom. The van der Waals surface area contributed by atoms with Crippen LogP contribution in [0.4, 0.5) is 11.4 Å². The van der Waals surface area contributed by atoms with Gasteiger partial charge in [-0.25, -0.2) is 0 Å². The number of benzene rings is 3. The molecule has 4 amide bonds. The molecular weight excluding hydrogens is 556 g/mol. The summed E-state index contributed by atoms with van der Waals surface area (Å²) in [4.78, 5) is 59.1. The summed E-state index contributed by atoms with van der Waals surface area (Å²) in [7, 11) is 3.31. The Hall–Kier alpha value is -4.11. The molecule has 10 heteroatoms. The first-order valence-electron chi connectivity index (χ1n) is 14.1. The lowest BCUT2D eigenvalue weighted by Gasteiger charge is -2.27. The zero-order valence-corrected chi connectivity index (χ0v) is 25.2. The van der Waals surface area contributed by atoms with Crippen molar-refractivity contribution in [2.45, 2.75) is 45.7 Å². The van der Waals surface area contributed by atoms with Crippen molar-refractivity contribution in [1.29, 1.82) is 0 Å². The second-order valence-corrected chi connectivity index (χ2v) is 10.8. The highest BCUT2D eigenvalue weighted by Crippen LogP contribution is 2.37. The Labute approximate surface area is 252 Å². The molecule has 6 bridgehead atoms. The van der Waals surface area contributed by atoms with Gasteiger partial charge in [0.25, 0.3) is 11.8 Å². The van der Waals surface area contributed by atoms with Gasteiger partial charge in [-0.1, -0.05) is 38.1 Å². The summed E-state index contributed by atoms with van der Waals surface area (Å²) in [5, 5.41) is 4.63. The Morgan fingerprint density at radius 2 is 1.76 bits per heavy atom. The first-order chi connectivity index (χ1) is 19.7. The van der Waals surface area contributed by atoms with Crippen molar-refractivity contribution in [3.05, 3.63) is 65.7 Å². The molecule has 0 aliphatic carbocycles. The van der Waals surface area contributed by atoms with Gasteiger partial charge in [-0.15, -0.1) is 12.4 Å². The van der Waals surface area contributed by atoms with Crippen molar-refractivity contribution < 1.29 is 23.9 Å². The number of amides is 4. The van der Waals surface area contributed by atoms with Gasteiger partial charge in [-0.05, 0) is 53.9 Å². The number of rotatable bonds is 4. The van der Waals surface area contributed by atoms with Crippen LogP contribution in [0.25, 0.3) is 10.8 Å². The van der Waals surface area contributed by atoms with E-state index in [-0.39, 0.29) is 61.5 Å². The van der Waals surface area contributed by atoms with Gasteiger partial charge in [-0.3, -0.25) is 19.2 Å². The summed E-state index contributed by atoms with van der Waals surface area (Å²) in [6.07, 6.45) is 1.26. The minimum Gasteiger partial charge on any atom is -0.496 e. The number of carbonyl (C=O) groups excluding carboxylic acids is 4. The fourth-order valence-electron chi connectivity index (χ4n) is 5.54. The first kappa shape index (κ1) is 30.8. The van der Waals surface area contributed by atoms with Crippen LogP contribution in [-0.2, 0) is 20.9 Å². The quantitative estimate of drug-likeness (QED) is 0.479. The summed E-state index contributed by atoms with van der Waals surface area (Å²) in [6.45, 7) is 4.29. The van der Waals surface area contributed by atoms with Crippen molar-refractivity contribution in [2.75, 3.05) is 37.0 Å². The van der Waals surface area contributed by atoms with Crippen LogP contribution in [-0.4, -0.2) is 61.8 Å². The molecule has 0 saturated heterocycles. The Morgan fingerprint density at radius 3 is 2.45 bits per heavy atom. The fourth-order valence-corrected chi connectivity index (χ4v) is 5.54. The molecular formula is C32H37ClN4O5. The lowest BCUT2D eigenvalue weighted by molar-refractivity contribution is -0.129. The largest absolute Gasteiger partial charge is 0.496 e. The van der Waals surface area contributed by atoms with E-state index in [1.807, 2.05) is 62.4 Å². The fraction of sp³-hybridized carbons (Fsp3) is 0.375. The number of hydrogen-bond donors (Lipinski definition) is 1. The zero-order valence-electron chi connectivity index (χ0n) is 24.4. The highest BCUT2D eigenvalue weighted by molar-refractivity contribution is 6.08. The molecule has 42 heavy (non-hydrogen) atoms. The van der Waals surface area contributed by atoms with E-state index in [1.165, 1.54) is 0 Å². The third-order valence-electron chi connectivity index (χ3n) is 8.17. The van der Waals surface area contributed by atoms with E-state index < -0.39 is 6.04 Å². The molecule has 9 nitrogen and oxygen atoms in total. The lowest BCUT2D eigenvalue weighted by atomic mass is 9.99. The maximum Gasteiger partial charge on any atom is 0.253 e. The van der Waals surface area contributed by atoms with Crippen molar-refractivity contribution >= 4 is 58.2 Å². The van der Waals surface area contributed by atoms with Gasteiger partial charge in [0.2, 0.25) is 11.8 Å². The van der Waals surface area contributed by atoms with Crippen molar-refractivity contribution in [3.8, 4) is 5.75 Å². The van der Waals surface area contributed by atoms with Crippen LogP contribution in [0.2, 0.25) is 0 Å². The van der Waals surface area contributed by atoms with Crippen molar-refractivity contribution in [1.82, 2.24) is 10.2 Å². The third-order valence-corrected chi connectivity index (χ3v) is 8.17. The number of nitrogens with zero attached hydrogens (tertiary/aromatic N) is 3. The van der Waals surface area contributed by atoms with Crippen LogP contribution in [0.3, 0.4) is 0 Å². The van der Waals surface area contributed by atoms with E-state index in [4.69, 9.17) is 4.74 Å². The maximum atomic E-state index is 14.3. The standard InChI is InChI=1S/C32H36N4O5.ClH/c1-5-20(2)30(38)33-25-19-35-26-9-6-7-10-27(26)36(32(25)40)18-24-23-14-12-22(17-21(23)13-15-28(24)41-4)31(39)34(3)16-8-11-29(35)37;/h6-7,9-10,12-15,17,20,25H,5,8,11,16,18-19H2,1-4H3,(H,33,38);1H/t20-,25+;/m1./s1. The van der Waals surface area contributed by atoms with E-state index in [2.05, 4.69) is 5.32 Å². The van der Waals surface area contributed by atoms with Gasteiger partial charge >= 0.3 is 0 Å². The zero-order chi connectivity index (χ0) is 29.3. The minimum atomic E-state index is -0.944. The Bertz CT molecular complexity index is 1530. The molecule has 0 spiro atoms. The molecule has 0 saturated carbocycles. The predicted molar refractivity (Wildman–Crippen MR) is 165 cm³/mol. The number of halogens is 1. The predicted octanol–water partition coefficient (Wildman–Crippen LogP) is 4.55. The van der Waals surface area contributed by atoms with Gasteiger partial charge in [0.15, 0.2) is 0 Å². The highest BCUT2D eigenvalue weighted by Gasteiger charge is 2.37. The first-order valence-corrected chi connectivity index (χ1v) is 14.1. The molecule has 222 valence electrons. The number of methoxy groups -OCH3 is 1. The second kappa shape index (κ2) is 12.8. The van der Waals surface area contributed by atoms with Crippen LogP contribution >= 0.6 is 12.4 Å². The summed E-state index contributed by atoms with van der Waals surface area (Å²) in [5.74, 6) is -0.527. The number of ether oxygens (including phenoxy) is 1. The molecule has 3 aliphatic rings. The summed E-state index contributed by atoms with van der Waals surface area (Å²) in [6, 6.07) is 15.7. The third kappa shape index (κ3) is 5.79. The van der Waals surface area contributed by atoms with Gasteiger partial charge in [0, 0.05) is 37.1 Å². The van der Waals surface area contributed by atoms with Gasteiger partial charge in [-0.2, -0.15) is 0 Å². The summed E-state index contributed by atoms with van der Waals surface area (Å²) >= 11 is 0. The van der Waals surface area contributed by atoms with Crippen LogP contribution in [0.15, 0.2) is 54.6 Å². The van der Waals surface area contributed by atoms with Crippen LogP contribution in [0.1, 0.15) is 49.0 Å². The highest BCUT2D eigenvalue weighted by atomic mass is 35.5. The molecule has 3 aromatic carbocycles. The monoisotopic (exact) mass is 592 g/mol. The molecule has 0 radical (unpaired) electrons. The van der Waals surface area contributed by atoms with E-state index in [9.17, 15) is 19.2 Å². The van der Waals surface area contributed by atoms with E-state index >= 15 is 0 Å². The Balaban J connectivity index is 0.00000405. The molecule has 2 atom stereocenters. The van der Waals surface area contributed by atoms with Gasteiger partial charge < -0.3 is 24.8 Å². The van der Waals surface area contributed by atoms with Crippen LogP contribution < -0.4 is 19.9 Å². The molecule has 6 rings (SSSR count). The van der Waals surface area contributed by atoms with E-state index in [0.29, 0.717) is 42.1 Å². The number of hydrogen-bond acceptors (Lipinski definition) is 5. The smallest absolute Gasteiger partial charge is 0.253 e. The van der Waals surface area contributed by atoms with E-state index in [1.54, 1.807) is 34.9 Å². The summed E-state index contributed by atoms with van der Waals surface area (Å²) in [5.41, 5.74) is 2.50. The lowest BCUT2D eigenvalue weighted by Crippen LogP contribution is -2.53. The number of carbonyl (C=O) groups is 4. The van der Waals surface area contributed by atoms with Crippen LogP contribution in [0.5, 0.6) is 5.75 Å². The topological polar surface area (TPSA) is 99.3 Å². The molecule has 3 aromatic rings. The van der Waals surface area contributed by atoms with Crippen LogP contribution in [0, 0.1) is 5.92 Å². The molecule has 0 aromatic heterocycles. The SMILES string of the molecule is CC[C@@H](C)C(=O)N[C@H]1CN2C(=O)CCCN(C)C(=O)c3ccc4c(c(OC)ccc4c3)CN(C1=O)c1ccccc12.Cl. The molecule has 0 fully saturated rings. The Kier molecular flexibility index (Phi) is 9.41. The van der Waals surface area contributed by atoms with Gasteiger partial charge in [0.1, 0.15) is 11.8 Å². The normalized spacial score (nSPS) is 18.1. The molecule has 3 aliphatic heterocycles. The second-order valence-electron chi connectivity index (χ2n) is 10.8. The number of fused-ring (bicyclic) bond motifs is 6. The number of anilines is 2. The molecule has 0 unspecified atom stereocenters. The van der Waals surface area contributed by atoms with Crippen molar-refractivity contribution in [3.63, 3.8) is 0 Å². The number of nitrogens with one attached hydrogen (secondary N) is 1.